The monoisotopic (exact) mass is 233 g/mol. The van der Waals surface area contributed by atoms with Gasteiger partial charge in [0.1, 0.15) is 6.10 Å². The van der Waals surface area contributed by atoms with Crippen LogP contribution >= 0.6 is 0 Å². The number of hydrogen-bond donors (Lipinski definition) is 4. The standard InChI is InChI=1S/C12H15N3O2/c13-7-11(16)12(17)9-3-1-8(2-4-9)10-5-6-14-15-10/h1-6,11-12,16-17H,7,13H2,(H,14,15). The molecule has 2 aromatic rings. The Bertz CT molecular complexity index is 453. The summed E-state index contributed by atoms with van der Waals surface area (Å²) in [6.45, 7) is 0.0312. The zero-order chi connectivity index (χ0) is 12.3. The third kappa shape index (κ3) is 2.52. The minimum Gasteiger partial charge on any atom is -0.389 e. The Kier molecular flexibility index (Phi) is 3.53. The Morgan fingerprint density at radius 1 is 1.18 bits per heavy atom. The Morgan fingerprint density at radius 2 is 1.88 bits per heavy atom. The molecule has 5 heteroatoms. The van der Waals surface area contributed by atoms with Gasteiger partial charge in [-0.1, -0.05) is 24.3 Å². The van der Waals surface area contributed by atoms with Crippen molar-refractivity contribution in [2.24, 2.45) is 5.73 Å². The van der Waals surface area contributed by atoms with E-state index < -0.39 is 12.2 Å². The van der Waals surface area contributed by atoms with E-state index >= 15 is 0 Å². The van der Waals surface area contributed by atoms with Crippen LogP contribution in [-0.2, 0) is 0 Å². The topological polar surface area (TPSA) is 95.2 Å². The van der Waals surface area contributed by atoms with Crippen LogP contribution in [0.2, 0.25) is 0 Å². The summed E-state index contributed by atoms with van der Waals surface area (Å²) in [7, 11) is 0. The van der Waals surface area contributed by atoms with E-state index in [0.29, 0.717) is 5.56 Å². The summed E-state index contributed by atoms with van der Waals surface area (Å²) in [4.78, 5) is 0. The molecular weight excluding hydrogens is 218 g/mol. The van der Waals surface area contributed by atoms with Gasteiger partial charge in [0, 0.05) is 12.7 Å². The fraction of sp³-hybridized carbons (Fsp3) is 0.250. The van der Waals surface area contributed by atoms with E-state index in [2.05, 4.69) is 10.2 Å². The van der Waals surface area contributed by atoms with Crippen molar-refractivity contribution in [3.63, 3.8) is 0 Å². The molecule has 0 fully saturated rings. The van der Waals surface area contributed by atoms with Crippen molar-refractivity contribution < 1.29 is 10.2 Å². The molecule has 1 heterocycles. The van der Waals surface area contributed by atoms with Gasteiger partial charge in [-0.05, 0) is 17.2 Å². The molecule has 0 aliphatic rings. The molecule has 1 aromatic heterocycles. The lowest BCUT2D eigenvalue weighted by molar-refractivity contribution is 0.0243. The summed E-state index contributed by atoms with van der Waals surface area (Å²) >= 11 is 0. The van der Waals surface area contributed by atoms with Gasteiger partial charge in [0.25, 0.3) is 0 Å². The van der Waals surface area contributed by atoms with Crippen LogP contribution in [0, 0.1) is 0 Å². The SMILES string of the molecule is NCC(O)C(O)c1ccc(-c2ccn[nH]2)cc1. The van der Waals surface area contributed by atoms with E-state index in [4.69, 9.17) is 5.73 Å². The Balaban J connectivity index is 2.18. The molecule has 0 radical (unpaired) electrons. The molecule has 0 saturated heterocycles. The molecule has 5 N–H and O–H groups in total. The van der Waals surface area contributed by atoms with E-state index in [1.807, 2.05) is 18.2 Å². The minimum atomic E-state index is -0.948. The molecular formula is C12H15N3O2. The number of nitrogens with one attached hydrogen (secondary N) is 1. The van der Waals surface area contributed by atoms with Crippen molar-refractivity contribution in [1.29, 1.82) is 0 Å². The van der Waals surface area contributed by atoms with Crippen LogP contribution in [0.15, 0.2) is 36.5 Å². The maximum absolute atomic E-state index is 9.76. The van der Waals surface area contributed by atoms with Gasteiger partial charge in [0.2, 0.25) is 0 Å². The molecule has 0 amide bonds. The number of aliphatic hydroxyl groups is 2. The van der Waals surface area contributed by atoms with Gasteiger partial charge in [0.15, 0.2) is 0 Å². The van der Waals surface area contributed by atoms with Crippen LogP contribution in [0.25, 0.3) is 11.3 Å². The first kappa shape index (κ1) is 11.8. The lowest BCUT2D eigenvalue weighted by Crippen LogP contribution is -2.27. The van der Waals surface area contributed by atoms with E-state index in [1.54, 1.807) is 18.3 Å². The number of nitrogens with zero attached hydrogens (tertiary/aromatic N) is 1. The number of benzene rings is 1. The number of hydrogen-bond acceptors (Lipinski definition) is 4. The second-order valence-electron chi connectivity index (χ2n) is 3.84. The smallest absolute Gasteiger partial charge is 0.106 e. The zero-order valence-corrected chi connectivity index (χ0v) is 9.24. The van der Waals surface area contributed by atoms with Crippen LogP contribution in [0.4, 0.5) is 0 Å². The second-order valence-corrected chi connectivity index (χ2v) is 3.84. The Hall–Kier alpha value is -1.69. The average Bonchev–Trinajstić information content (AvgIpc) is 2.91. The lowest BCUT2D eigenvalue weighted by atomic mass is 10.0. The molecule has 0 saturated carbocycles. The van der Waals surface area contributed by atoms with Crippen molar-refractivity contribution in [2.45, 2.75) is 12.2 Å². The summed E-state index contributed by atoms with van der Waals surface area (Å²) in [6, 6.07) is 9.10. The average molecular weight is 233 g/mol. The van der Waals surface area contributed by atoms with Crippen molar-refractivity contribution in [3.8, 4) is 11.3 Å². The van der Waals surface area contributed by atoms with Gasteiger partial charge in [-0.25, -0.2) is 0 Å². The highest BCUT2D eigenvalue weighted by Gasteiger charge is 2.16. The molecule has 1 aromatic carbocycles. The van der Waals surface area contributed by atoms with Gasteiger partial charge < -0.3 is 15.9 Å². The number of nitrogens with two attached hydrogens (primary N) is 1. The van der Waals surface area contributed by atoms with Gasteiger partial charge in [-0.2, -0.15) is 5.10 Å². The highest BCUT2D eigenvalue weighted by molar-refractivity contribution is 5.58. The normalized spacial score (nSPS) is 14.5. The molecule has 2 atom stereocenters. The van der Waals surface area contributed by atoms with Crippen LogP contribution in [-0.4, -0.2) is 33.1 Å². The summed E-state index contributed by atoms with van der Waals surface area (Å²) in [5.41, 5.74) is 7.82. The lowest BCUT2D eigenvalue weighted by Gasteiger charge is -2.16. The quantitative estimate of drug-likeness (QED) is 0.616. The Labute approximate surface area is 98.9 Å². The third-order valence-corrected chi connectivity index (χ3v) is 2.67. The van der Waals surface area contributed by atoms with Gasteiger partial charge >= 0.3 is 0 Å². The molecule has 90 valence electrons. The van der Waals surface area contributed by atoms with E-state index in [0.717, 1.165) is 11.3 Å². The molecule has 2 unspecified atom stereocenters. The van der Waals surface area contributed by atoms with Crippen LogP contribution < -0.4 is 5.73 Å². The first-order chi connectivity index (χ1) is 8.22. The third-order valence-electron chi connectivity index (χ3n) is 2.67. The number of aromatic nitrogens is 2. The molecule has 0 spiro atoms. The van der Waals surface area contributed by atoms with E-state index in [9.17, 15) is 10.2 Å². The van der Waals surface area contributed by atoms with Gasteiger partial charge in [0.05, 0.1) is 11.8 Å². The van der Waals surface area contributed by atoms with Crippen molar-refractivity contribution in [3.05, 3.63) is 42.1 Å². The number of H-pyrrole nitrogens is 1. The van der Waals surface area contributed by atoms with Crippen molar-refractivity contribution >= 4 is 0 Å². The maximum Gasteiger partial charge on any atom is 0.106 e. The molecule has 17 heavy (non-hydrogen) atoms. The predicted octanol–water partition coefficient (Wildman–Crippen LogP) is 0.430. The number of aromatic amines is 1. The second kappa shape index (κ2) is 5.09. The fourth-order valence-corrected chi connectivity index (χ4v) is 1.63. The summed E-state index contributed by atoms with van der Waals surface area (Å²) in [6.07, 6.45) is -0.208. The first-order valence-corrected chi connectivity index (χ1v) is 5.38. The number of aliphatic hydroxyl groups excluding tert-OH is 2. The van der Waals surface area contributed by atoms with Gasteiger partial charge in [-0.3, -0.25) is 5.10 Å². The van der Waals surface area contributed by atoms with E-state index in [-0.39, 0.29) is 6.54 Å². The highest BCUT2D eigenvalue weighted by atomic mass is 16.3. The summed E-state index contributed by atoms with van der Waals surface area (Å²) in [5.74, 6) is 0. The summed E-state index contributed by atoms with van der Waals surface area (Å²) in [5, 5.41) is 25.9. The van der Waals surface area contributed by atoms with Crippen molar-refractivity contribution in [2.75, 3.05) is 6.54 Å². The largest absolute Gasteiger partial charge is 0.389 e. The molecule has 2 rings (SSSR count). The predicted molar refractivity (Wildman–Crippen MR) is 64.0 cm³/mol. The molecule has 0 aliphatic carbocycles. The molecule has 0 bridgehead atoms. The minimum absolute atomic E-state index is 0.0312. The first-order valence-electron chi connectivity index (χ1n) is 5.38. The fourth-order valence-electron chi connectivity index (χ4n) is 1.63. The van der Waals surface area contributed by atoms with E-state index in [1.165, 1.54) is 0 Å². The van der Waals surface area contributed by atoms with Gasteiger partial charge in [-0.15, -0.1) is 0 Å². The highest BCUT2D eigenvalue weighted by Crippen LogP contribution is 2.21. The maximum atomic E-state index is 9.76. The van der Waals surface area contributed by atoms with Crippen molar-refractivity contribution in [1.82, 2.24) is 10.2 Å². The van der Waals surface area contributed by atoms with Crippen LogP contribution in [0.1, 0.15) is 11.7 Å². The molecule has 5 nitrogen and oxygen atoms in total. The summed E-state index contributed by atoms with van der Waals surface area (Å²) < 4.78 is 0. The zero-order valence-electron chi connectivity index (χ0n) is 9.24. The van der Waals surface area contributed by atoms with Crippen LogP contribution in [0.5, 0.6) is 0 Å². The number of rotatable bonds is 4. The van der Waals surface area contributed by atoms with Crippen LogP contribution in [0.3, 0.4) is 0 Å². The Morgan fingerprint density at radius 3 is 2.41 bits per heavy atom. The molecule has 0 aliphatic heterocycles.